The monoisotopic (exact) mass is 393 g/mol. The normalized spacial score (nSPS) is 20.5. The van der Waals surface area contributed by atoms with Crippen LogP contribution in [-0.2, 0) is 10.9 Å². The van der Waals surface area contributed by atoms with Crippen molar-refractivity contribution in [1.29, 1.82) is 0 Å². The fourth-order valence-electron chi connectivity index (χ4n) is 3.19. The zero-order valence-corrected chi connectivity index (χ0v) is 15.2. The van der Waals surface area contributed by atoms with Crippen LogP contribution in [0.25, 0.3) is 5.65 Å². The quantitative estimate of drug-likeness (QED) is 0.733. The van der Waals surface area contributed by atoms with Gasteiger partial charge in [-0.2, -0.15) is 17.7 Å². The van der Waals surface area contributed by atoms with E-state index >= 15 is 0 Å². The SMILES string of the molecule is C[C@@H]1CN(c2ccc(Nc3ccc4nnc(C(F)(F)F)n4n3)cn2)C[C@H](C)O1. The summed E-state index contributed by atoms with van der Waals surface area (Å²) in [5.74, 6) is -0.134. The number of nitrogens with one attached hydrogen (secondary N) is 1. The van der Waals surface area contributed by atoms with Crippen molar-refractivity contribution in [2.45, 2.75) is 32.2 Å². The first kappa shape index (κ1) is 18.4. The molecule has 0 amide bonds. The Morgan fingerprint density at radius 1 is 1.07 bits per heavy atom. The van der Waals surface area contributed by atoms with Crippen molar-refractivity contribution in [3.63, 3.8) is 0 Å². The van der Waals surface area contributed by atoms with E-state index in [4.69, 9.17) is 4.74 Å². The highest BCUT2D eigenvalue weighted by atomic mass is 19.4. The third-order valence-electron chi connectivity index (χ3n) is 4.28. The number of pyridine rings is 1. The van der Waals surface area contributed by atoms with Crippen LogP contribution in [0.1, 0.15) is 19.7 Å². The van der Waals surface area contributed by atoms with Crippen molar-refractivity contribution < 1.29 is 17.9 Å². The lowest BCUT2D eigenvalue weighted by molar-refractivity contribution is -0.146. The number of fused-ring (bicyclic) bond motifs is 1. The Kier molecular flexibility index (Phi) is 4.53. The van der Waals surface area contributed by atoms with Gasteiger partial charge in [-0.05, 0) is 38.1 Å². The van der Waals surface area contributed by atoms with E-state index in [1.54, 1.807) is 12.3 Å². The largest absolute Gasteiger partial charge is 0.453 e. The van der Waals surface area contributed by atoms with E-state index in [1.807, 2.05) is 19.9 Å². The van der Waals surface area contributed by atoms with Gasteiger partial charge in [0.2, 0.25) is 0 Å². The van der Waals surface area contributed by atoms with Gasteiger partial charge in [-0.15, -0.1) is 15.3 Å². The maximum Gasteiger partial charge on any atom is 0.453 e. The Labute approximate surface area is 158 Å². The van der Waals surface area contributed by atoms with Crippen LogP contribution in [0.15, 0.2) is 30.5 Å². The minimum Gasteiger partial charge on any atom is -0.372 e. The summed E-state index contributed by atoms with van der Waals surface area (Å²) in [5, 5.41) is 13.5. The van der Waals surface area contributed by atoms with Gasteiger partial charge in [0.25, 0.3) is 5.82 Å². The van der Waals surface area contributed by atoms with Crippen LogP contribution in [0.2, 0.25) is 0 Å². The molecule has 1 aliphatic rings. The first-order chi connectivity index (χ1) is 13.3. The van der Waals surface area contributed by atoms with Crippen LogP contribution in [0, 0.1) is 0 Å². The maximum absolute atomic E-state index is 13.0. The maximum atomic E-state index is 13.0. The number of rotatable bonds is 3. The van der Waals surface area contributed by atoms with Gasteiger partial charge >= 0.3 is 6.18 Å². The van der Waals surface area contributed by atoms with Gasteiger partial charge in [-0.25, -0.2) is 4.98 Å². The predicted molar refractivity (Wildman–Crippen MR) is 95.5 cm³/mol. The second kappa shape index (κ2) is 6.89. The number of hydrogen-bond acceptors (Lipinski definition) is 7. The fraction of sp³-hybridized carbons (Fsp3) is 0.412. The van der Waals surface area contributed by atoms with Gasteiger partial charge in [-0.1, -0.05) is 0 Å². The summed E-state index contributed by atoms with van der Waals surface area (Å²) in [6.45, 7) is 5.52. The van der Waals surface area contributed by atoms with E-state index in [0.717, 1.165) is 18.9 Å². The topological polar surface area (TPSA) is 80.5 Å². The summed E-state index contributed by atoms with van der Waals surface area (Å²) in [4.78, 5) is 6.58. The van der Waals surface area contributed by atoms with Crippen molar-refractivity contribution >= 4 is 23.0 Å². The van der Waals surface area contributed by atoms with Crippen molar-refractivity contribution in [2.75, 3.05) is 23.3 Å². The molecule has 0 saturated carbocycles. The van der Waals surface area contributed by atoms with Crippen LogP contribution in [0.3, 0.4) is 0 Å². The molecule has 4 heterocycles. The molecule has 2 atom stereocenters. The minimum atomic E-state index is -4.64. The molecule has 148 valence electrons. The Bertz CT molecular complexity index is 963. The van der Waals surface area contributed by atoms with Crippen LogP contribution >= 0.6 is 0 Å². The van der Waals surface area contributed by atoms with Gasteiger partial charge in [0.05, 0.1) is 24.1 Å². The molecule has 4 rings (SSSR count). The van der Waals surface area contributed by atoms with Gasteiger partial charge in [-0.3, -0.25) is 0 Å². The van der Waals surface area contributed by atoms with Crippen LogP contribution < -0.4 is 10.2 Å². The molecule has 0 aromatic carbocycles. The molecular weight excluding hydrogens is 375 g/mol. The third kappa shape index (κ3) is 3.70. The third-order valence-corrected chi connectivity index (χ3v) is 4.28. The first-order valence-electron chi connectivity index (χ1n) is 8.73. The van der Waals surface area contributed by atoms with Gasteiger partial charge < -0.3 is 15.0 Å². The second-order valence-corrected chi connectivity index (χ2v) is 6.70. The lowest BCUT2D eigenvalue weighted by Gasteiger charge is -2.36. The van der Waals surface area contributed by atoms with E-state index in [9.17, 15) is 13.2 Å². The minimum absolute atomic E-state index is 0.0157. The Hall–Kier alpha value is -2.95. The highest BCUT2D eigenvalue weighted by Crippen LogP contribution is 2.28. The van der Waals surface area contributed by atoms with Crippen LogP contribution in [0.5, 0.6) is 0 Å². The molecule has 0 bridgehead atoms. The van der Waals surface area contributed by atoms with Crippen molar-refractivity contribution in [3.05, 3.63) is 36.3 Å². The zero-order valence-electron chi connectivity index (χ0n) is 15.2. The van der Waals surface area contributed by atoms with E-state index in [1.165, 1.54) is 12.1 Å². The summed E-state index contributed by atoms with van der Waals surface area (Å²) in [6.07, 6.45) is -2.79. The van der Waals surface area contributed by atoms with Gasteiger partial charge in [0, 0.05) is 13.1 Å². The predicted octanol–water partition coefficient (Wildman–Crippen LogP) is 2.90. The van der Waals surface area contributed by atoms with Gasteiger partial charge in [0.1, 0.15) is 5.82 Å². The second-order valence-electron chi connectivity index (χ2n) is 6.70. The molecule has 1 N–H and O–H groups in total. The molecule has 1 aliphatic heterocycles. The molecule has 3 aromatic heterocycles. The van der Waals surface area contributed by atoms with E-state index in [-0.39, 0.29) is 23.7 Å². The first-order valence-corrected chi connectivity index (χ1v) is 8.73. The molecule has 0 radical (unpaired) electrons. The molecule has 3 aromatic rings. The number of aromatic nitrogens is 5. The zero-order chi connectivity index (χ0) is 19.9. The smallest absolute Gasteiger partial charge is 0.372 e. The lowest BCUT2D eigenvalue weighted by Crippen LogP contribution is -2.45. The fourth-order valence-corrected chi connectivity index (χ4v) is 3.19. The molecule has 11 heteroatoms. The Morgan fingerprint density at radius 2 is 1.82 bits per heavy atom. The summed E-state index contributed by atoms with van der Waals surface area (Å²) in [6, 6.07) is 6.60. The average Bonchev–Trinajstić information content (AvgIpc) is 3.05. The number of alkyl halides is 3. The molecule has 28 heavy (non-hydrogen) atoms. The molecule has 1 saturated heterocycles. The Morgan fingerprint density at radius 3 is 2.46 bits per heavy atom. The molecule has 0 unspecified atom stereocenters. The molecule has 8 nitrogen and oxygen atoms in total. The van der Waals surface area contributed by atoms with E-state index in [2.05, 4.69) is 30.5 Å². The number of hydrogen-bond donors (Lipinski definition) is 1. The summed E-state index contributed by atoms with van der Waals surface area (Å²) in [5.41, 5.74) is 0.619. The number of halogens is 3. The molecule has 0 aliphatic carbocycles. The number of morpholine rings is 1. The van der Waals surface area contributed by atoms with Crippen molar-refractivity contribution in [3.8, 4) is 0 Å². The molecule has 1 fully saturated rings. The molecule has 0 spiro atoms. The van der Waals surface area contributed by atoms with E-state index in [0.29, 0.717) is 10.2 Å². The standard InChI is InChI=1S/C17H18F3N7O/c1-10-8-26(9-11(2)28-10)14-5-3-12(7-21-14)22-13-4-6-15-23-24-16(17(18,19)20)27(15)25-13/h3-7,10-11H,8-9H2,1-2H3,(H,22,25)/t10-,11+. The number of anilines is 3. The van der Waals surface area contributed by atoms with Crippen LogP contribution in [0.4, 0.5) is 30.5 Å². The van der Waals surface area contributed by atoms with Gasteiger partial charge in [0.15, 0.2) is 11.5 Å². The van der Waals surface area contributed by atoms with Crippen molar-refractivity contribution in [2.24, 2.45) is 0 Å². The lowest BCUT2D eigenvalue weighted by atomic mass is 10.2. The number of nitrogens with zero attached hydrogens (tertiary/aromatic N) is 6. The highest BCUT2D eigenvalue weighted by molar-refractivity contribution is 5.58. The summed E-state index contributed by atoms with van der Waals surface area (Å²) >= 11 is 0. The van der Waals surface area contributed by atoms with E-state index < -0.39 is 12.0 Å². The highest BCUT2D eigenvalue weighted by Gasteiger charge is 2.37. The van der Waals surface area contributed by atoms with Crippen molar-refractivity contribution in [1.82, 2.24) is 24.8 Å². The molecular formula is C17H18F3N7O. The Balaban J connectivity index is 1.53. The number of ether oxygens (including phenoxy) is 1. The average molecular weight is 393 g/mol. The summed E-state index contributed by atoms with van der Waals surface area (Å²) in [7, 11) is 0. The van der Waals surface area contributed by atoms with Crippen LogP contribution in [-0.4, -0.2) is 50.1 Å². The summed E-state index contributed by atoms with van der Waals surface area (Å²) < 4.78 is 45.3.